The summed E-state index contributed by atoms with van der Waals surface area (Å²) < 4.78 is 7.05. The first kappa shape index (κ1) is 25.6. The van der Waals surface area contributed by atoms with Crippen molar-refractivity contribution in [1.29, 1.82) is 0 Å². The Morgan fingerprint density at radius 3 is 2.56 bits per heavy atom. The molecule has 34 heavy (non-hydrogen) atoms. The van der Waals surface area contributed by atoms with Gasteiger partial charge >= 0.3 is 0 Å². The van der Waals surface area contributed by atoms with Crippen LogP contribution in [-0.4, -0.2) is 39.4 Å². The Balaban J connectivity index is 1.58. The van der Waals surface area contributed by atoms with Gasteiger partial charge in [-0.05, 0) is 56.2 Å². The van der Waals surface area contributed by atoms with E-state index in [1.165, 1.54) is 11.8 Å². The van der Waals surface area contributed by atoms with Gasteiger partial charge in [0.1, 0.15) is 5.75 Å². The number of carbonyl (C=O) groups excluding carboxylic acids is 2. The summed E-state index contributed by atoms with van der Waals surface area (Å²) in [7, 11) is 1.60. The SMILES string of the molecule is CCn1c(SCC(=O)Nc2cc(Cl)ccc2C)nnc1[C@@H](C)NC(=O)Cc1ccc(OC)cc1. The first-order valence-corrected chi connectivity index (χ1v) is 12.2. The number of aromatic nitrogens is 3. The van der Waals surface area contributed by atoms with E-state index in [1.807, 2.05) is 55.7 Å². The van der Waals surface area contributed by atoms with E-state index < -0.39 is 0 Å². The highest BCUT2D eigenvalue weighted by atomic mass is 35.5. The number of nitrogens with one attached hydrogen (secondary N) is 2. The second-order valence-corrected chi connectivity index (χ2v) is 9.07. The van der Waals surface area contributed by atoms with Crippen LogP contribution in [0.15, 0.2) is 47.6 Å². The van der Waals surface area contributed by atoms with Gasteiger partial charge in [-0.2, -0.15) is 0 Å². The van der Waals surface area contributed by atoms with E-state index in [0.717, 1.165) is 16.9 Å². The molecule has 2 amide bonds. The minimum absolute atomic E-state index is 0.117. The van der Waals surface area contributed by atoms with Crippen molar-refractivity contribution in [2.75, 3.05) is 18.2 Å². The molecule has 3 rings (SSSR count). The van der Waals surface area contributed by atoms with Crippen LogP contribution in [0.2, 0.25) is 5.02 Å². The molecular weight excluding hydrogens is 474 g/mol. The van der Waals surface area contributed by atoms with E-state index in [-0.39, 0.29) is 30.0 Å². The molecule has 0 saturated carbocycles. The maximum absolute atomic E-state index is 12.5. The number of ether oxygens (including phenoxy) is 1. The number of aryl methyl sites for hydroxylation is 1. The van der Waals surface area contributed by atoms with Gasteiger partial charge in [-0.25, -0.2) is 0 Å². The summed E-state index contributed by atoms with van der Waals surface area (Å²) in [6, 6.07) is 12.4. The lowest BCUT2D eigenvalue weighted by molar-refractivity contribution is -0.121. The lowest BCUT2D eigenvalue weighted by Gasteiger charge is -2.15. The van der Waals surface area contributed by atoms with Crippen LogP contribution in [-0.2, 0) is 22.6 Å². The van der Waals surface area contributed by atoms with Crippen molar-refractivity contribution in [1.82, 2.24) is 20.1 Å². The van der Waals surface area contributed by atoms with Crippen LogP contribution < -0.4 is 15.4 Å². The smallest absolute Gasteiger partial charge is 0.234 e. The molecule has 1 atom stereocenters. The van der Waals surface area contributed by atoms with E-state index in [9.17, 15) is 9.59 Å². The highest BCUT2D eigenvalue weighted by molar-refractivity contribution is 7.99. The second kappa shape index (κ2) is 11.9. The summed E-state index contributed by atoms with van der Waals surface area (Å²) in [5, 5.41) is 15.5. The molecule has 2 N–H and O–H groups in total. The molecule has 2 aromatic carbocycles. The number of rotatable bonds is 10. The molecule has 180 valence electrons. The van der Waals surface area contributed by atoms with Gasteiger partial charge in [0.25, 0.3) is 0 Å². The minimum Gasteiger partial charge on any atom is -0.497 e. The molecule has 3 aromatic rings. The minimum atomic E-state index is -0.338. The van der Waals surface area contributed by atoms with Crippen molar-refractivity contribution in [3.63, 3.8) is 0 Å². The normalized spacial score (nSPS) is 11.7. The fraction of sp³-hybridized carbons (Fsp3) is 0.333. The van der Waals surface area contributed by atoms with Gasteiger partial charge in [0.05, 0.1) is 25.3 Å². The van der Waals surface area contributed by atoms with Crippen LogP contribution in [0, 0.1) is 6.92 Å². The van der Waals surface area contributed by atoms with Crippen LogP contribution in [0.4, 0.5) is 5.69 Å². The van der Waals surface area contributed by atoms with Gasteiger partial charge in [-0.15, -0.1) is 10.2 Å². The molecule has 1 aromatic heterocycles. The van der Waals surface area contributed by atoms with E-state index in [2.05, 4.69) is 20.8 Å². The van der Waals surface area contributed by atoms with Crippen LogP contribution in [0.25, 0.3) is 0 Å². The maximum Gasteiger partial charge on any atom is 0.234 e. The molecule has 8 nitrogen and oxygen atoms in total. The molecule has 0 radical (unpaired) electrons. The van der Waals surface area contributed by atoms with E-state index in [4.69, 9.17) is 16.3 Å². The zero-order valence-corrected chi connectivity index (χ0v) is 21.2. The number of hydrogen-bond donors (Lipinski definition) is 2. The number of hydrogen-bond acceptors (Lipinski definition) is 6. The average Bonchev–Trinajstić information content (AvgIpc) is 3.23. The van der Waals surface area contributed by atoms with E-state index in [1.54, 1.807) is 19.2 Å². The summed E-state index contributed by atoms with van der Waals surface area (Å²) in [4.78, 5) is 25.0. The van der Waals surface area contributed by atoms with Gasteiger partial charge < -0.3 is 19.9 Å². The van der Waals surface area contributed by atoms with Gasteiger partial charge in [0.15, 0.2) is 11.0 Å². The Bertz CT molecular complexity index is 1150. The Hall–Kier alpha value is -3.04. The van der Waals surface area contributed by atoms with Gasteiger partial charge in [0, 0.05) is 17.3 Å². The van der Waals surface area contributed by atoms with Crippen molar-refractivity contribution in [2.24, 2.45) is 0 Å². The molecule has 0 unspecified atom stereocenters. The maximum atomic E-state index is 12.5. The monoisotopic (exact) mass is 501 g/mol. The zero-order chi connectivity index (χ0) is 24.7. The van der Waals surface area contributed by atoms with Crippen molar-refractivity contribution in [3.8, 4) is 5.75 Å². The van der Waals surface area contributed by atoms with Gasteiger partial charge in [-0.3, -0.25) is 9.59 Å². The number of halogens is 1. The van der Waals surface area contributed by atoms with Gasteiger partial charge in [0.2, 0.25) is 11.8 Å². The Kier molecular flexibility index (Phi) is 8.95. The molecule has 10 heteroatoms. The summed E-state index contributed by atoms with van der Waals surface area (Å²) in [6.45, 7) is 6.35. The van der Waals surface area contributed by atoms with Crippen LogP contribution in [0.1, 0.15) is 36.8 Å². The van der Waals surface area contributed by atoms with Crippen molar-refractivity contribution in [2.45, 2.75) is 44.9 Å². The molecule has 0 fully saturated rings. The van der Waals surface area contributed by atoms with E-state index >= 15 is 0 Å². The standard InChI is InChI=1S/C24H28ClN5O3S/c1-5-30-23(16(3)26-21(31)12-17-7-10-19(33-4)11-8-17)28-29-24(30)34-14-22(32)27-20-13-18(25)9-6-15(20)2/h6-11,13,16H,5,12,14H2,1-4H3,(H,26,31)(H,27,32)/t16-/m1/s1. The highest BCUT2D eigenvalue weighted by Crippen LogP contribution is 2.23. The Morgan fingerprint density at radius 2 is 1.88 bits per heavy atom. The van der Waals surface area contributed by atoms with Crippen molar-refractivity contribution in [3.05, 3.63) is 64.4 Å². The van der Waals surface area contributed by atoms with Crippen molar-refractivity contribution >= 4 is 40.9 Å². The number of amides is 2. The quantitative estimate of drug-likeness (QED) is 0.399. The first-order chi connectivity index (χ1) is 16.3. The molecule has 0 aliphatic carbocycles. The lowest BCUT2D eigenvalue weighted by atomic mass is 10.1. The van der Waals surface area contributed by atoms with Crippen LogP contribution in [0.3, 0.4) is 0 Å². The number of carbonyl (C=O) groups is 2. The predicted molar refractivity (Wildman–Crippen MR) is 134 cm³/mol. The van der Waals surface area contributed by atoms with Crippen LogP contribution in [0.5, 0.6) is 5.75 Å². The third-order valence-corrected chi connectivity index (χ3v) is 6.36. The van der Waals surface area contributed by atoms with Crippen molar-refractivity contribution < 1.29 is 14.3 Å². The number of methoxy groups -OCH3 is 1. The Labute approximate surface area is 208 Å². The van der Waals surface area contributed by atoms with E-state index in [0.29, 0.717) is 28.2 Å². The second-order valence-electron chi connectivity index (χ2n) is 7.70. The first-order valence-electron chi connectivity index (χ1n) is 10.8. The van der Waals surface area contributed by atoms with Gasteiger partial charge in [-0.1, -0.05) is 41.6 Å². The summed E-state index contributed by atoms with van der Waals surface area (Å²) in [5.74, 6) is 1.27. The molecule has 0 spiro atoms. The summed E-state index contributed by atoms with van der Waals surface area (Å²) >= 11 is 7.32. The highest BCUT2D eigenvalue weighted by Gasteiger charge is 2.20. The summed E-state index contributed by atoms with van der Waals surface area (Å²) in [5.41, 5.74) is 2.50. The predicted octanol–water partition coefficient (Wildman–Crippen LogP) is 4.42. The molecular formula is C24H28ClN5O3S. The average molecular weight is 502 g/mol. The molecule has 0 aliphatic rings. The van der Waals surface area contributed by atoms with Crippen LogP contribution >= 0.6 is 23.4 Å². The lowest BCUT2D eigenvalue weighted by Crippen LogP contribution is -2.30. The molecule has 0 aliphatic heterocycles. The molecule has 1 heterocycles. The Morgan fingerprint density at radius 1 is 1.15 bits per heavy atom. The largest absolute Gasteiger partial charge is 0.497 e. The molecule has 0 saturated heterocycles. The fourth-order valence-corrected chi connectivity index (χ4v) is 4.34. The molecule has 0 bridgehead atoms. The topological polar surface area (TPSA) is 98.1 Å². The number of anilines is 1. The third kappa shape index (κ3) is 6.74. The number of thioether (sulfide) groups is 1. The number of nitrogens with zero attached hydrogens (tertiary/aromatic N) is 3. The summed E-state index contributed by atoms with van der Waals surface area (Å²) in [6.07, 6.45) is 0.249. The fourth-order valence-electron chi connectivity index (χ4n) is 3.36. The third-order valence-electron chi connectivity index (χ3n) is 5.16. The number of benzene rings is 2. The zero-order valence-electron chi connectivity index (χ0n) is 19.6.